The Kier molecular flexibility index (Phi) is 4.96. The van der Waals surface area contributed by atoms with Crippen LogP contribution < -0.4 is 5.32 Å². The molecule has 0 aliphatic carbocycles. The molecule has 1 nitrogen and oxygen atoms in total. The van der Waals surface area contributed by atoms with E-state index in [4.69, 9.17) is 0 Å². The topological polar surface area (TPSA) is 12.0 Å². The van der Waals surface area contributed by atoms with E-state index >= 15 is 0 Å². The van der Waals surface area contributed by atoms with Crippen molar-refractivity contribution in [1.29, 1.82) is 0 Å². The second-order valence-corrected chi connectivity index (χ2v) is 4.72. The van der Waals surface area contributed by atoms with E-state index in [0.717, 1.165) is 30.3 Å². The van der Waals surface area contributed by atoms with Crippen molar-refractivity contribution in [2.45, 2.75) is 19.4 Å². The van der Waals surface area contributed by atoms with Gasteiger partial charge in [-0.3, -0.25) is 0 Å². The molecule has 0 saturated carbocycles. The van der Waals surface area contributed by atoms with Crippen LogP contribution >= 0.6 is 0 Å². The minimum absolute atomic E-state index is 0.0325. The Morgan fingerprint density at radius 3 is 2.05 bits per heavy atom. The number of rotatable bonds is 5. The number of benzene rings is 2. The third-order valence-electron chi connectivity index (χ3n) is 3.21. The lowest BCUT2D eigenvalue weighted by molar-refractivity contribution is 0.493. The van der Waals surface area contributed by atoms with Gasteiger partial charge in [0.05, 0.1) is 0 Å². The molecule has 0 bridgehead atoms. The molecular formula is C16H15F4N. The molecule has 1 atom stereocenters. The van der Waals surface area contributed by atoms with Crippen LogP contribution in [0.15, 0.2) is 36.4 Å². The van der Waals surface area contributed by atoms with E-state index in [2.05, 4.69) is 5.32 Å². The van der Waals surface area contributed by atoms with Gasteiger partial charge in [-0.1, -0.05) is 13.0 Å². The van der Waals surface area contributed by atoms with Gasteiger partial charge in [-0.25, -0.2) is 17.6 Å². The van der Waals surface area contributed by atoms with Gasteiger partial charge in [-0.15, -0.1) is 0 Å². The Balaban J connectivity index is 2.35. The van der Waals surface area contributed by atoms with E-state index < -0.39 is 29.3 Å². The van der Waals surface area contributed by atoms with E-state index in [1.165, 1.54) is 6.07 Å². The molecule has 0 saturated heterocycles. The van der Waals surface area contributed by atoms with Crippen LogP contribution in [0.5, 0.6) is 0 Å². The van der Waals surface area contributed by atoms with Gasteiger partial charge in [-0.2, -0.15) is 0 Å². The third kappa shape index (κ3) is 3.82. The van der Waals surface area contributed by atoms with Crippen LogP contribution in [0.3, 0.4) is 0 Å². The monoisotopic (exact) mass is 297 g/mol. The Bertz CT molecular complexity index is 587. The van der Waals surface area contributed by atoms with Crippen molar-refractivity contribution in [1.82, 2.24) is 5.32 Å². The van der Waals surface area contributed by atoms with Crippen LogP contribution in [-0.2, 0) is 6.42 Å². The molecule has 0 heterocycles. The fourth-order valence-corrected chi connectivity index (χ4v) is 2.26. The van der Waals surface area contributed by atoms with Gasteiger partial charge >= 0.3 is 0 Å². The maximum atomic E-state index is 13.7. The van der Waals surface area contributed by atoms with Gasteiger partial charge < -0.3 is 5.32 Å². The minimum atomic E-state index is -0.720. The van der Waals surface area contributed by atoms with Gasteiger partial charge in [0.25, 0.3) is 0 Å². The van der Waals surface area contributed by atoms with Gasteiger partial charge in [-0.05, 0) is 42.8 Å². The van der Waals surface area contributed by atoms with Crippen LogP contribution in [-0.4, -0.2) is 6.54 Å². The summed E-state index contributed by atoms with van der Waals surface area (Å²) in [6.45, 7) is 2.30. The molecule has 2 aromatic carbocycles. The predicted octanol–water partition coefficient (Wildman–Crippen LogP) is 4.14. The quantitative estimate of drug-likeness (QED) is 0.818. The molecule has 5 heteroatoms. The molecule has 2 rings (SSSR count). The lowest BCUT2D eigenvalue weighted by atomic mass is 9.97. The van der Waals surface area contributed by atoms with Crippen molar-refractivity contribution in [3.8, 4) is 0 Å². The Morgan fingerprint density at radius 1 is 0.952 bits per heavy atom. The first-order valence-electron chi connectivity index (χ1n) is 6.63. The normalized spacial score (nSPS) is 12.4. The van der Waals surface area contributed by atoms with Crippen molar-refractivity contribution in [3.63, 3.8) is 0 Å². The smallest absolute Gasteiger partial charge is 0.129 e. The molecule has 112 valence electrons. The lowest BCUT2D eigenvalue weighted by Crippen LogP contribution is -2.24. The second-order valence-electron chi connectivity index (χ2n) is 4.72. The van der Waals surface area contributed by atoms with Crippen molar-refractivity contribution in [2.24, 2.45) is 0 Å². The Morgan fingerprint density at radius 2 is 1.52 bits per heavy atom. The summed E-state index contributed by atoms with van der Waals surface area (Å²) in [5.74, 6) is -2.78. The highest BCUT2D eigenvalue weighted by Crippen LogP contribution is 2.23. The van der Waals surface area contributed by atoms with Crippen LogP contribution in [0.4, 0.5) is 17.6 Å². The van der Waals surface area contributed by atoms with Crippen molar-refractivity contribution in [2.75, 3.05) is 6.54 Å². The molecule has 0 amide bonds. The average Bonchev–Trinajstić information content (AvgIpc) is 2.40. The molecule has 0 aliphatic rings. The number of nitrogens with one attached hydrogen (secondary N) is 1. The number of likely N-dealkylation sites (N-methyl/N-ethyl adjacent to an activating group) is 1. The highest BCUT2D eigenvalue weighted by atomic mass is 19.1. The lowest BCUT2D eigenvalue weighted by Gasteiger charge is -2.19. The van der Waals surface area contributed by atoms with E-state index in [-0.39, 0.29) is 12.0 Å². The highest BCUT2D eigenvalue weighted by molar-refractivity contribution is 5.26. The Hall–Kier alpha value is -1.88. The zero-order chi connectivity index (χ0) is 15.4. The molecule has 2 aromatic rings. The molecule has 21 heavy (non-hydrogen) atoms. The molecule has 0 radical (unpaired) electrons. The van der Waals surface area contributed by atoms with Gasteiger partial charge in [0.15, 0.2) is 0 Å². The summed E-state index contributed by atoms with van der Waals surface area (Å²) in [7, 11) is 0. The summed E-state index contributed by atoms with van der Waals surface area (Å²) in [6.07, 6.45) is -0.0325. The molecular weight excluding hydrogens is 282 g/mol. The van der Waals surface area contributed by atoms with E-state index in [9.17, 15) is 17.6 Å². The first-order chi connectivity index (χ1) is 10.0. The molecule has 0 aliphatic heterocycles. The van der Waals surface area contributed by atoms with E-state index in [1.54, 1.807) is 6.92 Å². The fourth-order valence-electron chi connectivity index (χ4n) is 2.26. The number of halogens is 4. The van der Waals surface area contributed by atoms with Crippen LogP contribution in [0.1, 0.15) is 24.1 Å². The summed E-state index contributed by atoms with van der Waals surface area (Å²) < 4.78 is 54.0. The molecule has 1 N–H and O–H groups in total. The molecule has 0 fully saturated rings. The average molecular weight is 297 g/mol. The summed E-state index contributed by atoms with van der Waals surface area (Å²) >= 11 is 0. The van der Waals surface area contributed by atoms with E-state index in [1.807, 2.05) is 0 Å². The summed E-state index contributed by atoms with van der Waals surface area (Å²) in [5.41, 5.74) is 0.213. The number of hydrogen-bond acceptors (Lipinski definition) is 1. The van der Waals surface area contributed by atoms with Crippen LogP contribution in [0.25, 0.3) is 0 Å². The fraction of sp³-hybridized carbons (Fsp3) is 0.250. The molecule has 0 aromatic heterocycles. The largest absolute Gasteiger partial charge is 0.310 e. The summed E-state index contributed by atoms with van der Waals surface area (Å²) in [6, 6.07) is 6.10. The zero-order valence-electron chi connectivity index (χ0n) is 11.5. The first-order valence-corrected chi connectivity index (χ1v) is 6.63. The maximum Gasteiger partial charge on any atom is 0.129 e. The second kappa shape index (κ2) is 6.72. The maximum absolute atomic E-state index is 13.7. The molecule has 1 unspecified atom stereocenters. The predicted molar refractivity (Wildman–Crippen MR) is 72.8 cm³/mol. The summed E-state index contributed by atoms with van der Waals surface area (Å²) in [4.78, 5) is 0. The van der Waals surface area contributed by atoms with Gasteiger partial charge in [0.2, 0.25) is 0 Å². The minimum Gasteiger partial charge on any atom is -0.310 e. The highest BCUT2D eigenvalue weighted by Gasteiger charge is 2.18. The third-order valence-corrected chi connectivity index (χ3v) is 3.21. The zero-order valence-corrected chi connectivity index (χ0v) is 11.5. The standard InChI is InChI=1S/C16H15F4N/c1-2-21-16(10-6-11(17)8-12(18)7-10)9-13-14(19)4-3-5-15(13)20/h3-8,16,21H,2,9H2,1H3. The van der Waals surface area contributed by atoms with Crippen molar-refractivity contribution in [3.05, 3.63) is 70.8 Å². The summed E-state index contributed by atoms with van der Waals surface area (Å²) in [5, 5.41) is 2.99. The van der Waals surface area contributed by atoms with Crippen LogP contribution in [0, 0.1) is 23.3 Å². The first kappa shape index (κ1) is 15.5. The molecule has 0 spiro atoms. The SMILES string of the molecule is CCNC(Cc1c(F)cccc1F)c1cc(F)cc(F)c1. The van der Waals surface area contributed by atoms with Gasteiger partial charge in [0.1, 0.15) is 23.3 Å². The van der Waals surface area contributed by atoms with E-state index in [0.29, 0.717) is 12.1 Å². The number of hydrogen-bond donors (Lipinski definition) is 1. The van der Waals surface area contributed by atoms with Gasteiger partial charge in [0, 0.05) is 17.7 Å². The van der Waals surface area contributed by atoms with Crippen molar-refractivity contribution < 1.29 is 17.6 Å². The van der Waals surface area contributed by atoms with Crippen LogP contribution in [0.2, 0.25) is 0 Å². The van der Waals surface area contributed by atoms with Crippen molar-refractivity contribution >= 4 is 0 Å². The Labute approximate surface area is 120 Å².